The van der Waals surface area contributed by atoms with Gasteiger partial charge in [-0.2, -0.15) is 0 Å². The first-order chi connectivity index (χ1) is 9.54. The molecule has 3 aromatic rings. The minimum absolute atomic E-state index is 0.266. The summed E-state index contributed by atoms with van der Waals surface area (Å²) in [6.45, 7) is 5.90. The van der Waals surface area contributed by atoms with Gasteiger partial charge in [-0.3, -0.25) is 0 Å². The molecule has 0 atom stereocenters. The lowest BCUT2D eigenvalue weighted by molar-refractivity contribution is 0.476. The minimum atomic E-state index is 0.266. The van der Waals surface area contributed by atoms with Crippen molar-refractivity contribution in [2.75, 3.05) is 0 Å². The monoisotopic (exact) mass is 264 g/mol. The van der Waals surface area contributed by atoms with Gasteiger partial charge >= 0.3 is 0 Å². The van der Waals surface area contributed by atoms with Crippen LogP contribution in [0.25, 0.3) is 22.3 Å². The molecule has 3 heteroatoms. The van der Waals surface area contributed by atoms with E-state index in [1.807, 2.05) is 51.1 Å². The van der Waals surface area contributed by atoms with Crippen LogP contribution in [0.2, 0.25) is 0 Å². The standard InChI is InChI=1S/C17H16N2O/c1-10-8-11(2)16(15(20)9-10)14-7-6-13-5-4-12(3)18-17(13)19-14/h4-9,20H,1-3H3. The number of hydrogen-bond acceptors (Lipinski definition) is 3. The van der Waals surface area contributed by atoms with Crippen molar-refractivity contribution in [1.82, 2.24) is 9.97 Å². The molecule has 100 valence electrons. The SMILES string of the molecule is Cc1cc(C)c(-c2ccc3ccc(C)nc3n2)c(O)c1. The van der Waals surface area contributed by atoms with Crippen LogP contribution in [0.15, 0.2) is 36.4 Å². The number of aromatic nitrogens is 2. The van der Waals surface area contributed by atoms with Gasteiger partial charge in [-0.05, 0) is 62.2 Å². The van der Waals surface area contributed by atoms with Gasteiger partial charge in [0.25, 0.3) is 0 Å². The topological polar surface area (TPSA) is 46.0 Å². The zero-order chi connectivity index (χ0) is 14.3. The Labute approximate surface area is 117 Å². The maximum Gasteiger partial charge on any atom is 0.160 e. The quantitative estimate of drug-likeness (QED) is 0.724. The first kappa shape index (κ1) is 12.6. The Morgan fingerprint density at radius 3 is 2.40 bits per heavy atom. The second kappa shape index (κ2) is 4.60. The molecule has 20 heavy (non-hydrogen) atoms. The third kappa shape index (κ3) is 2.11. The average Bonchev–Trinajstić information content (AvgIpc) is 2.37. The third-order valence-electron chi connectivity index (χ3n) is 3.41. The zero-order valence-electron chi connectivity index (χ0n) is 11.8. The van der Waals surface area contributed by atoms with Crippen LogP contribution in [-0.2, 0) is 0 Å². The summed E-state index contributed by atoms with van der Waals surface area (Å²) in [5.74, 6) is 0.266. The summed E-state index contributed by atoms with van der Waals surface area (Å²) >= 11 is 0. The number of aromatic hydroxyl groups is 1. The van der Waals surface area contributed by atoms with Gasteiger partial charge in [0.1, 0.15) is 5.75 Å². The molecule has 2 heterocycles. The molecule has 0 unspecified atom stereocenters. The Balaban J connectivity index is 2.25. The van der Waals surface area contributed by atoms with Gasteiger partial charge in [-0.25, -0.2) is 9.97 Å². The van der Waals surface area contributed by atoms with E-state index in [0.717, 1.165) is 33.5 Å². The van der Waals surface area contributed by atoms with E-state index in [1.54, 1.807) is 6.07 Å². The molecule has 0 saturated carbocycles. The highest BCUT2D eigenvalue weighted by Gasteiger charge is 2.11. The number of aryl methyl sites for hydroxylation is 3. The summed E-state index contributed by atoms with van der Waals surface area (Å²) < 4.78 is 0. The fraction of sp³-hybridized carbons (Fsp3) is 0.176. The van der Waals surface area contributed by atoms with E-state index in [9.17, 15) is 5.11 Å². The van der Waals surface area contributed by atoms with Gasteiger partial charge in [0.05, 0.1) is 5.69 Å². The van der Waals surface area contributed by atoms with E-state index in [0.29, 0.717) is 5.65 Å². The van der Waals surface area contributed by atoms with Gasteiger partial charge in [0.2, 0.25) is 0 Å². The van der Waals surface area contributed by atoms with E-state index < -0.39 is 0 Å². The molecule has 0 spiro atoms. The van der Waals surface area contributed by atoms with Crippen LogP contribution in [0.3, 0.4) is 0 Å². The second-order valence-corrected chi connectivity index (χ2v) is 5.17. The number of fused-ring (bicyclic) bond motifs is 1. The summed E-state index contributed by atoms with van der Waals surface area (Å²) in [6, 6.07) is 11.7. The smallest absolute Gasteiger partial charge is 0.160 e. The summed E-state index contributed by atoms with van der Waals surface area (Å²) in [5.41, 5.74) is 5.24. The van der Waals surface area contributed by atoms with Crippen LogP contribution in [0.4, 0.5) is 0 Å². The van der Waals surface area contributed by atoms with E-state index in [4.69, 9.17) is 0 Å². The second-order valence-electron chi connectivity index (χ2n) is 5.17. The van der Waals surface area contributed by atoms with Crippen molar-refractivity contribution in [3.05, 3.63) is 53.2 Å². The van der Waals surface area contributed by atoms with Crippen molar-refractivity contribution in [1.29, 1.82) is 0 Å². The number of nitrogens with zero attached hydrogens (tertiary/aromatic N) is 2. The molecule has 1 aromatic carbocycles. The highest BCUT2D eigenvalue weighted by molar-refractivity contribution is 5.80. The van der Waals surface area contributed by atoms with Gasteiger partial charge in [0.15, 0.2) is 5.65 Å². The molecule has 0 radical (unpaired) electrons. The normalized spacial score (nSPS) is 10.9. The maximum atomic E-state index is 10.2. The van der Waals surface area contributed by atoms with Gasteiger partial charge in [-0.1, -0.05) is 6.07 Å². The third-order valence-corrected chi connectivity index (χ3v) is 3.41. The van der Waals surface area contributed by atoms with Crippen molar-refractivity contribution >= 4 is 11.0 Å². The lowest BCUT2D eigenvalue weighted by Crippen LogP contribution is -1.92. The maximum absolute atomic E-state index is 10.2. The van der Waals surface area contributed by atoms with Crippen LogP contribution < -0.4 is 0 Å². The van der Waals surface area contributed by atoms with E-state index in [2.05, 4.69) is 9.97 Å². The molecule has 3 rings (SSSR count). The van der Waals surface area contributed by atoms with Gasteiger partial charge in [0, 0.05) is 16.6 Å². The van der Waals surface area contributed by atoms with Crippen LogP contribution in [0.1, 0.15) is 16.8 Å². The Kier molecular flexibility index (Phi) is 2.90. The first-order valence-electron chi connectivity index (χ1n) is 6.59. The molecular weight excluding hydrogens is 248 g/mol. The number of pyridine rings is 2. The van der Waals surface area contributed by atoms with Crippen molar-refractivity contribution in [3.63, 3.8) is 0 Å². The molecule has 1 N–H and O–H groups in total. The molecule has 0 saturated heterocycles. The van der Waals surface area contributed by atoms with Crippen LogP contribution in [-0.4, -0.2) is 15.1 Å². The van der Waals surface area contributed by atoms with E-state index in [-0.39, 0.29) is 5.75 Å². The zero-order valence-corrected chi connectivity index (χ0v) is 11.8. The lowest BCUT2D eigenvalue weighted by Gasteiger charge is -2.10. The Morgan fingerprint density at radius 2 is 1.65 bits per heavy atom. The summed E-state index contributed by atoms with van der Waals surface area (Å²) in [7, 11) is 0. The van der Waals surface area contributed by atoms with Crippen molar-refractivity contribution in [2.45, 2.75) is 20.8 Å². The molecule has 0 amide bonds. The first-order valence-corrected chi connectivity index (χ1v) is 6.59. The van der Waals surface area contributed by atoms with Crippen molar-refractivity contribution in [2.24, 2.45) is 0 Å². The Bertz CT molecular complexity index is 786. The Morgan fingerprint density at radius 1 is 0.900 bits per heavy atom. The minimum Gasteiger partial charge on any atom is -0.507 e. The largest absolute Gasteiger partial charge is 0.507 e. The van der Waals surface area contributed by atoms with E-state index >= 15 is 0 Å². The molecule has 3 nitrogen and oxygen atoms in total. The summed E-state index contributed by atoms with van der Waals surface area (Å²) in [6.07, 6.45) is 0. The van der Waals surface area contributed by atoms with E-state index in [1.165, 1.54) is 0 Å². The average molecular weight is 264 g/mol. The van der Waals surface area contributed by atoms with Gasteiger partial charge < -0.3 is 5.11 Å². The fourth-order valence-corrected chi connectivity index (χ4v) is 2.51. The highest BCUT2D eigenvalue weighted by Crippen LogP contribution is 2.33. The van der Waals surface area contributed by atoms with Crippen LogP contribution in [0.5, 0.6) is 5.75 Å². The molecule has 0 aliphatic heterocycles. The molecule has 0 aliphatic rings. The number of rotatable bonds is 1. The molecule has 0 fully saturated rings. The number of hydrogen-bond donors (Lipinski definition) is 1. The lowest BCUT2D eigenvalue weighted by atomic mass is 10.0. The fourth-order valence-electron chi connectivity index (χ4n) is 2.51. The summed E-state index contributed by atoms with van der Waals surface area (Å²) in [5, 5.41) is 11.2. The number of phenols is 1. The molecule has 0 aliphatic carbocycles. The summed E-state index contributed by atoms with van der Waals surface area (Å²) in [4.78, 5) is 9.03. The predicted molar refractivity (Wildman–Crippen MR) is 80.8 cm³/mol. The van der Waals surface area contributed by atoms with Gasteiger partial charge in [-0.15, -0.1) is 0 Å². The molecule has 0 bridgehead atoms. The predicted octanol–water partition coefficient (Wildman–Crippen LogP) is 3.93. The molecular formula is C17H16N2O. The number of benzene rings is 1. The van der Waals surface area contributed by atoms with Crippen LogP contribution in [0, 0.1) is 20.8 Å². The van der Waals surface area contributed by atoms with Crippen molar-refractivity contribution < 1.29 is 5.11 Å². The molecule has 2 aromatic heterocycles. The number of phenolic OH excluding ortho intramolecular Hbond substituents is 1. The van der Waals surface area contributed by atoms with Crippen molar-refractivity contribution in [3.8, 4) is 17.0 Å². The Hall–Kier alpha value is -2.42. The highest BCUT2D eigenvalue weighted by atomic mass is 16.3. The van der Waals surface area contributed by atoms with Crippen LogP contribution >= 0.6 is 0 Å².